The van der Waals surface area contributed by atoms with Gasteiger partial charge in [-0.05, 0) is 95.1 Å². The van der Waals surface area contributed by atoms with Crippen LogP contribution in [0, 0.1) is 23.3 Å². The molecule has 0 saturated heterocycles. The number of rotatable bonds is 6. The molecule has 222 valence electrons. The largest absolute Gasteiger partial charge is 0.248 e. The van der Waals surface area contributed by atoms with Crippen LogP contribution in [0.3, 0.4) is 0 Å². The minimum atomic E-state index is -0.605. The van der Waals surface area contributed by atoms with Crippen molar-refractivity contribution >= 4 is 46.1 Å². The maximum Gasteiger partial charge on any atom is 0.133 e. The number of hydrogen-bond donors (Lipinski definition) is 0. The van der Waals surface area contributed by atoms with Crippen LogP contribution in [0.15, 0.2) is 121 Å². The van der Waals surface area contributed by atoms with E-state index in [1.807, 2.05) is 97.1 Å². The van der Waals surface area contributed by atoms with Gasteiger partial charge >= 0.3 is 0 Å². The van der Waals surface area contributed by atoms with Crippen molar-refractivity contribution in [2.45, 2.75) is 0 Å². The zero-order valence-corrected chi connectivity index (χ0v) is 24.3. The van der Waals surface area contributed by atoms with E-state index in [2.05, 4.69) is 0 Å². The number of nitrogens with zero attached hydrogens (tertiary/aromatic N) is 2. The Labute approximate surface area is 262 Å². The summed E-state index contributed by atoms with van der Waals surface area (Å²) in [6.07, 6.45) is 7.85. The third kappa shape index (κ3) is 6.19. The first-order valence-corrected chi connectivity index (χ1v) is 14.6. The highest BCUT2D eigenvalue weighted by molar-refractivity contribution is 5.87. The Kier molecular flexibility index (Phi) is 7.69. The Morgan fingerprint density at radius 2 is 0.826 bits per heavy atom. The van der Waals surface area contributed by atoms with Gasteiger partial charge in [-0.2, -0.15) is 0 Å². The molecule has 0 aliphatic heterocycles. The number of halogens is 4. The monoisotopic (exact) mass is 608 g/mol. The number of hydrogen-bond acceptors (Lipinski definition) is 2. The molecule has 2 heterocycles. The number of fused-ring (bicyclic) bond motifs is 2. The van der Waals surface area contributed by atoms with Crippen LogP contribution in [0.4, 0.5) is 17.6 Å². The molecule has 7 rings (SSSR count). The maximum absolute atomic E-state index is 14.2. The molecule has 7 aromatic rings. The number of pyridine rings is 2. The molecular formula is C40H24F4N2. The first-order valence-electron chi connectivity index (χ1n) is 14.6. The lowest BCUT2D eigenvalue weighted by molar-refractivity contribution is 0.585. The van der Waals surface area contributed by atoms with E-state index in [0.717, 1.165) is 56.5 Å². The molecule has 0 bridgehead atoms. The fraction of sp³-hybridized carbons (Fsp3) is 0. The van der Waals surface area contributed by atoms with Crippen LogP contribution in [0.1, 0.15) is 22.5 Å². The molecule has 6 heteroatoms. The molecule has 0 atom stereocenters. The standard InChI is InChI=1S/C40H24F4N2/c41-31-11-17-35(37(43)23-31)27-9-19-39-29(21-27)7-15-33(45-39)13-5-25-1-2-26(4-3-25)6-14-34-16-8-30-22-28(10-20-40(30)46-34)36-18-12-32(42)24-38(36)44/h1-24H/b13-5+,14-6+. The van der Waals surface area contributed by atoms with Crippen molar-refractivity contribution in [2.24, 2.45) is 0 Å². The van der Waals surface area contributed by atoms with E-state index in [-0.39, 0.29) is 0 Å². The average molecular weight is 609 g/mol. The van der Waals surface area contributed by atoms with Gasteiger partial charge in [0.05, 0.1) is 22.4 Å². The van der Waals surface area contributed by atoms with Gasteiger partial charge in [0.25, 0.3) is 0 Å². The normalized spacial score (nSPS) is 11.7. The second-order valence-electron chi connectivity index (χ2n) is 10.9. The fourth-order valence-electron chi connectivity index (χ4n) is 5.33. The predicted molar refractivity (Wildman–Crippen MR) is 178 cm³/mol. The summed E-state index contributed by atoms with van der Waals surface area (Å²) in [4.78, 5) is 9.40. The highest BCUT2D eigenvalue weighted by Gasteiger charge is 2.09. The molecule has 0 spiro atoms. The van der Waals surface area contributed by atoms with Crippen LogP contribution >= 0.6 is 0 Å². The Hall–Kier alpha value is -5.88. The van der Waals surface area contributed by atoms with E-state index in [0.29, 0.717) is 22.3 Å². The maximum atomic E-state index is 14.2. The fourth-order valence-corrected chi connectivity index (χ4v) is 5.33. The van der Waals surface area contributed by atoms with Gasteiger partial charge in [0, 0.05) is 34.0 Å². The van der Waals surface area contributed by atoms with Crippen molar-refractivity contribution in [3.05, 3.63) is 167 Å². The third-order valence-corrected chi connectivity index (χ3v) is 7.74. The molecule has 0 aliphatic rings. The molecular weight excluding hydrogens is 584 g/mol. The zero-order chi connectivity index (χ0) is 31.6. The van der Waals surface area contributed by atoms with Gasteiger partial charge in [-0.25, -0.2) is 27.5 Å². The minimum absolute atomic E-state index is 0.344. The van der Waals surface area contributed by atoms with E-state index in [1.54, 1.807) is 12.1 Å². The topological polar surface area (TPSA) is 25.8 Å². The highest BCUT2D eigenvalue weighted by atomic mass is 19.1. The van der Waals surface area contributed by atoms with Gasteiger partial charge in [-0.1, -0.05) is 60.7 Å². The van der Waals surface area contributed by atoms with Gasteiger partial charge in [-0.15, -0.1) is 0 Å². The molecule has 0 fully saturated rings. The van der Waals surface area contributed by atoms with Crippen molar-refractivity contribution in [3.63, 3.8) is 0 Å². The zero-order valence-electron chi connectivity index (χ0n) is 24.3. The quantitative estimate of drug-likeness (QED) is 0.176. The van der Waals surface area contributed by atoms with Gasteiger partial charge in [0.1, 0.15) is 23.3 Å². The number of aromatic nitrogens is 2. The van der Waals surface area contributed by atoms with Gasteiger partial charge in [-0.3, -0.25) is 0 Å². The Bertz CT molecular complexity index is 2140. The summed E-state index contributed by atoms with van der Waals surface area (Å²) in [6.45, 7) is 0. The third-order valence-electron chi connectivity index (χ3n) is 7.74. The first kappa shape index (κ1) is 28.9. The molecule has 0 amide bonds. The minimum Gasteiger partial charge on any atom is -0.248 e. The van der Waals surface area contributed by atoms with Crippen LogP contribution in [-0.4, -0.2) is 9.97 Å². The smallest absolute Gasteiger partial charge is 0.133 e. The van der Waals surface area contributed by atoms with E-state index in [9.17, 15) is 17.6 Å². The molecule has 0 saturated carbocycles. The Balaban J connectivity index is 1.02. The van der Waals surface area contributed by atoms with Crippen LogP contribution in [0.5, 0.6) is 0 Å². The summed E-state index contributed by atoms with van der Waals surface area (Å²) in [5, 5.41) is 1.72. The van der Waals surface area contributed by atoms with Crippen LogP contribution in [-0.2, 0) is 0 Å². The Morgan fingerprint density at radius 1 is 0.391 bits per heavy atom. The van der Waals surface area contributed by atoms with Crippen molar-refractivity contribution in [1.29, 1.82) is 0 Å². The summed E-state index contributed by atoms with van der Waals surface area (Å²) in [7, 11) is 0. The molecule has 0 aliphatic carbocycles. The van der Waals surface area contributed by atoms with Gasteiger partial charge in [0.15, 0.2) is 0 Å². The molecule has 0 unspecified atom stereocenters. The predicted octanol–water partition coefficient (Wildman–Crippen LogP) is 11.0. The lowest BCUT2D eigenvalue weighted by Crippen LogP contribution is -1.88. The van der Waals surface area contributed by atoms with E-state index < -0.39 is 23.3 Å². The number of benzene rings is 5. The highest BCUT2D eigenvalue weighted by Crippen LogP contribution is 2.28. The van der Waals surface area contributed by atoms with Crippen molar-refractivity contribution in [1.82, 2.24) is 9.97 Å². The van der Waals surface area contributed by atoms with Crippen molar-refractivity contribution < 1.29 is 17.6 Å². The van der Waals surface area contributed by atoms with Crippen molar-refractivity contribution in [3.8, 4) is 22.3 Å². The molecule has 46 heavy (non-hydrogen) atoms. The molecule has 0 radical (unpaired) electrons. The molecule has 0 N–H and O–H groups in total. The second-order valence-corrected chi connectivity index (χ2v) is 10.9. The summed E-state index contributed by atoms with van der Waals surface area (Å²) in [5.41, 5.74) is 7.16. The van der Waals surface area contributed by atoms with Crippen LogP contribution < -0.4 is 0 Å². The lowest BCUT2D eigenvalue weighted by atomic mass is 10.0. The first-order chi connectivity index (χ1) is 22.4. The second kappa shape index (κ2) is 12.3. The van der Waals surface area contributed by atoms with E-state index in [1.165, 1.54) is 24.3 Å². The van der Waals surface area contributed by atoms with Gasteiger partial charge in [0.2, 0.25) is 0 Å². The van der Waals surface area contributed by atoms with Gasteiger partial charge < -0.3 is 0 Å². The Morgan fingerprint density at radius 3 is 1.24 bits per heavy atom. The van der Waals surface area contributed by atoms with E-state index >= 15 is 0 Å². The molecule has 5 aromatic carbocycles. The SMILES string of the molecule is Fc1ccc(-c2ccc3nc(/C=C/c4ccc(/C=C/c5ccc6cc(-c7ccc(F)cc7F)ccc6n5)cc4)ccc3c2)c(F)c1. The summed E-state index contributed by atoms with van der Waals surface area (Å²) < 4.78 is 55.1. The molecule has 2 aromatic heterocycles. The van der Waals surface area contributed by atoms with Crippen LogP contribution in [0.25, 0.3) is 68.4 Å². The summed E-state index contributed by atoms with van der Waals surface area (Å²) in [6, 6.07) is 33.8. The van der Waals surface area contributed by atoms with E-state index in [4.69, 9.17) is 9.97 Å². The summed E-state index contributed by atoms with van der Waals surface area (Å²) >= 11 is 0. The van der Waals surface area contributed by atoms with Crippen molar-refractivity contribution in [2.75, 3.05) is 0 Å². The average Bonchev–Trinajstić information content (AvgIpc) is 3.06. The molecule has 2 nitrogen and oxygen atoms in total. The lowest BCUT2D eigenvalue weighted by Gasteiger charge is -2.06. The summed E-state index contributed by atoms with van der Waals surface area (Å²) in [5.74, 6) is -2.41. The van der Waals surface area contributed by atoms with Crippen LogP contribution in [0.2, 0.25) is 0 Å².